The number of nitrogens with zero attached hydrogens (tertiary/aromatic N) is 1. The first-order valence-corrected chi connectivity index (χ1v) is 7.62. The van der Waals surface area contributed by atoms with Crippen LogP contribution in [0.25, 0.3) is 0 Å². The van der Waals surface area contributed by atoms with Gasteiger partial charge >= 0.3 is 0 Å². The Labute approximate surface area is 110 Å². The number of likely N-dealkylation sites (tertiary alicyclic amines) is 1. The van der Waals surface area contributed by atoms with Crippen molar-refractivity contribution in [3.63, 3.8) is 0 Å². The van der Waals surface area contributed by atoms with Crippen molar-refractivity contribution in [3.8, 4) is 0 Å². The summed E-state index contributed by atoms with van der Waals surface area (Å²) in [7, 11) is 0. The molecule has 0 aromatic rings. The van der Waals surface area contributed by atoms with Gasteiger partial charge in [0.15, 0.2) is 0 Å². The molecule has 1 saturated heterocycles. The fraction of sp³-hybridized carbons (Fsp3) is 0.933. The number of nitrogens with two attached hydrogens (primary N) is 1. The van der Waals surface area contributed by atoms with Crippen LogP contribution in [0.5, 0.6) is 0 Å². The number of fused-ring (bicyclic) bond motifs is 2. The molecule has 3 nitrogen and oxygen atoms in total. The minimum Gasteiger partial charge on any atom is -0.342 e. The van der Waals surface area contributed by atoms with Gasteiger partial charge in [-0.05, 0) is 49.4 Å². The molecular formula is C15H26N2O. The molecule has 0 radical (unpaired) electrons. The van der Waals surface area contributed by atoms with E-state index < -0.39 is 0 Å². The maximum Gasteiger partial charge on any atom is 0.227 e. The zero-order valence-electron chi connectivity index (χ0n) is 11.6. The minimum absolute atomic E-state index is 0.143. The fourth-order valence-corrected chi connectivity index (χ4v) is 4.38. The highest BCUT2D eigenvalue weighted by Crippen LogP contribution is 2.48. The molecule has 2 N–H and O–H groups in total. The molecule has 1 aliphatic heterocycles. The average molecular weight is 250 g/mol. The Morgan fingerprint density at radius 3 is 2.44 bits per heavy atom. The van der Waals surface area contributed by atoms with E-state index in [-0.39, 0.29) is 12.0 Å². The molecule has 0 aromatic heterocycles. The van der Waals surface area contributed by atoms with E-state index in [4.69, 9.17) is 5.73 Å². The molecule has 6 unspecified atom stereocenters. The van der Waals surface area contributed by atoms with Gasteiger partial charge in [-0.2, -0.15) is 0 Å². The fourth-order valence-electron chi connectivity index (χ4n) is 4.38. The second-order valence-corrected chi connectivity index (χ2v) is 6.96. The molecule has 0 aromatic carbocycles. The molecule has 18 heavy (non-hydrogen) atoms. The van der Waals surface area contributed by atoms with Crippen molar-refractivity contribution in [1.29, 1.82) is 0 Å². The highest BCUT2D eigenvalue weighted by molar-refractivity contribution is 5.80. The van der Waals surface area contributed by atoms with Crippen LogP contribution < -0.4 is 5.73 Å². The van der Waals surface area contributed by atoms with Gasteiger partial charge in [0.1, 0.15) is 0 Å². The monoisotopic (exact) mass is 250 g/mol. The summed E-state index contributed by atoms with van der Waals surface area (Å²) < 4.78 is 0. The van der Waals surface area contributed by atoms with Gasteiger partial charge in [0.05, 0.1) is 5.92 Å². The molecular weight excluding hydrogens is 224 g/mol. The van der Waals surface area contributed by atoms with Crippen molar-refractivity contribution in [2.24, 2.45) is 35.3 Å². The van der Waals surface area contributed by atoms with Crippen molar-refractivity contribution in [3.05, 3.63) is 0 Å². The zero-order valence-corrected chi connectivity index (χ0v) is 11.6. The van der Waals surface area contributed by atoms with E-state index in [0.717, 1.165) is 25.4 Å². The number of hydrogen-bond donors (Lipinski definition) is 1. The van der Waals surface area contributed by atoms with Gasteiger partial charge in [-0.25, -0.2) is 0 Å². The normalized spacial score (nSPS) is 47.6. The number of carbonyl (C=O) groups excluding carboxylic acids is 1. The van der Waals surface area contributed by atoms with Crippen molar-refractivity contribution >= 4 is 5.91 Å². The van der Waals surface area contributed by atoms with Crippen LogP contribution in [0.1, 0.15) is 39.5 Å². The van der Waals surface area contributed by atoms with Crippen LogP contribution in [0, 0.1) is 29.6 Å². The standard InChI is InChI=1S/C15H26N2O/c1-9-5-6-17(8-10(9)2)15(18)13-11-3-4-12(7-11)14(13)16/h9-14H,3-8,16H2,1-2H3. The Bertz CT molecular complexity index is 341. The van der Waals surface area contributed by atoms with Gasteiger partial charge in [0.2, 0.25) is 5.91 Å². The Hall–Kier alpha value is -0.570. The number of amides is 1. The van der Waals surface area contributed by atoms with Crippen LogP contribution in [0.2, 0.25) is 0 Å². The Morgan fingerprint density at radius 1 is 1.11 bits per heavy atom. The van der Waals surface area contributed by atoms with Crippen LogP contribution in [0.4, 0.5) is 0 Å². The highest BCUT2D eigenvalue weighted by Gasteiger charge is 2.50. The summed E-state index contributed by atoms with van der Waals surface area (Å²) in [5, 5.41) is 0. The predicted octanol–water partition coefficient (Wildman–Crippen LogP) is 1.86. The van der Waals surface area contributed by atoms with E-state index in [1.165, 1.54) is 19.3 Å². The van der Waals surface area contributed by atoms with E-state index in [1.807, 2.05) is 0 Å². The summed E-state index contributed by atoms with van der Waals surface area (Å²) in [6, 6.07) is 0.144. The Morgan fingerprint density at radius 2 is 1.83 bits per heavy atom. The molecule has 2 saturated carbocycles. The topological polar surface area (TPSA) is 46.3 Å². The van der Waals surface area contributed by atoms with Gasteiger partial charge in [-0.15, -0.1) is 0 Å². The first kappa shape index (κ1) is 12.5. The number of rotatable bonds is 1. The lowest BCUT2D eigenvalue weighted by Gasteiger charge is -2.39. The lowest BCUT2D eigenvalue weighted by atomic mass is 9.82. The van der Waals surface area contributed by atoms with Gasteiger partial charge in [-0.3, -0.25) is 4.79 Å². The molecule has 0 spiro atoms. The third-order valence-corrected chi connectivity index (χ3v) is 5.91. The number of hydrogen-bond acceptors (Lipinski definition) is 2. The molecule has 3 aliphatic rings. The summed E-state index contributed by atoms with van der Waals surface area (Å²) in [4.78, 5) is 14.8. The second kappa shape index (κ2) is 4.52. The lowest BCUT2D eigenvalue weighted by Crippen LogP contribution is -2.50. The summed E-state index contributed by atoms with van der Waals surface area (Å²) in [6.07, 6.45) is 4.85. The van der Waals surface area contributed by atoms with Gasteiger partial charge in [0.25, 0.3) is 0 Å². The second-order valence-electron chi connectivity index (χ2n) is 6.96. The summed E-state index contributed by atoms with van der Waals surface area (Å²) in [5.74, 6) is 3.12. The molecule has 1 amide bonds. The average Bonchev–Trinajstić information content (AvgIpc) is 2.92. The number of carbonyl (C=O) groups is 1. The summed E-state index contributed by atoms with van der Waals surface area (Å²) in [6.45, 7) is 6.46. The molecule has 3 fully saturated rings. The van der Waals surface area contributed by atoms with Crippen LogP contribution in [0.3, 0.4) is 0 Å². The molecule has 6 atom stereocenters. The predicted molar refractivity (Wildman–Crippen MR) is 71.8 cm³/mol. The smallest absolute Gasteiger partial charge is 0.227 e. The Kier molecular flexibility index (Phi) is 3.13. The quantitative estimate of drug-likeness (QED) is 0.772. The minimum atomic E-state index is 0.143. The maximum absolute atomic E-state index is 12.7. The van der Waals surface area contributed by atoms with E-state index in [9.17, 15) is 4.79 Å². The zero-order chi connectivity index (χ0) is 12.9. The van der Waals surface area contributed by atoms with Gasteiger partial charge in [-0.1, -0.05) is 13.8 Å². The van der Waals surface area contributed by atoms with Crippen molar-refractivity contribution < 1.29 is 4.79 Å². The van der Waals surface area contributed by atoms with E-state index in [2.05, 4.69) is 18.7 Å². The van der Waals surface area contributed by atoms with E-state index in [0.29, 0.717) is 23.7 Å². The van der Waals surface area contributed by atoms with Crippen LogP contribution >= 0.6 is 0 Å². The molecule has 2 aliphatic carbocycles. The van der Waals surface area contributed by atoms with Crippen molar-refractivity contribution in [2.75, 3.05) is 13.1 Å². The van der Waals surface area contributed by atoms with Crippen LogP contribution in [-0.2, 0) is 4.79 Å². The first-order chi connectivity index (χ1) is 8.58. The first-order valence-electron chi connectivity index (χ1n) is 7.62. The Balaban J connectivity index is 1.68. The summed E-state index contributed by atoms with van der Waals surface area (Å²) >= 11 is 0. The maximum atomic E-state index is 12.7. The third kappa shape index (κ3) is 1.87. The molecule has 2 bridgehead atoms. The SMILES string of the molecule is CC1CCN(C(=O)C2C3CCC(C3)C2N)CC1C. The van der Waals surface area contributed by atoms with Crippen molar-refractivity contribution in [2.45, 2.75) is 45.6 Å². The van der Waals surface area contributed by atoms with Crippen LogP contribution in [-0.4, -0.2) is 29.9 Å². The van der Waals surface area contributed by atoms with E-state index >= 15 is 0 Å². The van der Waals surface area contributed by atoms with E-state index in [1.54, 1.807) is 0 Å². The molecule has 102 valence electrons. The van der Waals surface area contributed by atoms with Crippen molar-refractivity contribution in [1.82, 2.24) is 4.90 Å². The molecule has 3 heteroatoms. The van der Waals surface area contributed by atoms with Gasteiger partial charge in [0, 0.05) is 19.1 Å². The molecule has 3 rings (SSSR count). The highest BCUT2D eigenvalue weighted by atomic mass is 16.2. The van der Waals surface area contributed by atoms with Gasteiger partial charge < -0.3 is 10.6 Å². The lowest BCUT2D eigenvalue weighted by molar-refractivity contribution is -0.140. The third-order valence-electron chi connectivity index (χ3n) is 5.91. The number of piperidine rings is 1. The molecule has 1 heterocycles. The van der Waals surface area contributed by atoms with Crippen LogP contribution in [0.15, 0.2) is 0 Å². The summed E-state index contributed by atoms with van der Waals surface area (Å²) in [5.41, 5.74) is 6.29. The largest absolute Gasteiger partial charge is 0.342 e.